The molecule has 0 aromatic rings. The van der Waals surface area contributed by atoms with E-state index >= 15 is 0 Å². The van der Waals surface area contributed by atoms with Gasteiger partial charge in [-0.2, -0.15) is 0 Å². The first-order valence-electron chi connectivity index (χ1n) is 4.85. The van der Waals surface area contributed by atoms with Gasteiger partial charge in [-0.15, -0.1) is 0 Å². The second kappa shape index (κ2) is 8.06. The van der Waals surface area contributed by atoms with Gasteiger partial charge in [0.05, 0.1) is 0 Å². The van der Waals surface area contributed by atoms with Crippen LogP contribution in [0.1, 0.15) is 46.5 Å². The average Bonchev–Trinajstić information content (AvgIpc) is 1.96. The van der Waals surface area contributed by atoms with Crippen molar-refractivity contribution in [2.24, 2.45) is 5.92 Å². The maximum absolute atomic E-state index is 5.36. The quantitative estimate of drug-likeness (QED) is 0.517. The fourth-order valence-corrected chi connectivity index (χ4v) is 1.00. The number of rotatable bonds is 7. The summed E-state index contributed by atoms with van der Waals surface area (Å²) in [5.41, 5.74) is 0. The molecule has 0 N–H and O–H groups in total. The molecule has 0 aliphatic rings. The lowest BCUT2D eigenvalue weighted by molar-refractivity contribution is 0.130. The van der Waals surface area contributed by atoms with Gasteiger partial charge in [0.1, 0.15) is 0 Å². The lowest BCUT2D eigenvalue weighted by Gasteiger charge is -2.04. The maximum atomic E-state index is 5.36. The molecule has 68 valence electrons. The molecular formula is C10H22O. The van der Waals surface area contributed by atoms with Crippen molar-refractivity contribution in [1.29, 1.82) is 0 Å². The van der Waals surface area contributed by atoms with Gasteiger partial charge in [0.15, 0.2) is 0 Å². The molecule has 0 aliphatic heterocycles. The average molecular weight is 158 g/mol. The summed E-state index contributed by atoms with van der Waals surface area (Å²) in [6.45, 7) is 8.58. The Hall–Kier alpha value is -0.0400. The zero-order valence-corrected chi connectivity index (χ0v) is 8.23. The van der Waals surface area contributed by atoms with Crippen molar-refractivity contribution in [3.05, 3.63) is 0 Å². The Labute approximate surface area is 71.1 Å². The van der Waals surface area contributed by atoms with Crippen LogP contribution < -0.4 is 0 Å². The lowest BCUT2D eigenvalue weighted by Crippen LogP contribution is -1.96. The van der Waals surface area contributed by atoms with Gasteiger partial charge < -0.3 is 4.74 Å². The van der Waals surface area contributed by atoms with E-state index in [2.05, 4.69) is 20.8 Å². The first-order chi connectivity index (χ1) is 5.27. The highest BCUT2D eigenvalue weighted by Crippen LogP contribution is 2.05. The SMILES string of the molecule is CCCOCCCCC(C)C. The van der Waals surface area contributed by atoms with Gasteiger partial charge >= 0.3 is 0 Å². The van der Waals surface area contributed by atoms with Crippen LogP contribution in [-0.2, 0) is 4.74 Å². The van der Waals surface area contributed by atoms with Crippen molar-refractivity contribution in [2.45, 2.75) is 46.5 Å². The summed E-state index contributed by atoms with van der Waals surface area (Å²) in [4.78, 5) is 0. The topological polar surface area (TPSA) is 9.23 Å². The molecule has 0 bridgehead atoms. The summed E-state index contributed by atoms with van der Waals surface area (Å²) in [6.07, 6.45) is 5.04. The van der Waals surface area contributed by atoms with Crippen LogP contribution in [0.15, 0.2) is 0 Å². The highest BCUT2D eigenvalue weighted by atomic mass is 16.5. The molecule has 0 aromatic heterocycles. The summed E-state index contributed by atoms with van der Waals surface area (Å²) >= 11 is 0. The fraction of sp³-hybridized carbons (Fsp3) is 1.00. The van der Waals surface area contributed by atoms with Crippen LogP contribution in [0.25, 0.3) is 0 Å². The molecule has 0 rings (SSSR count). The van der Waals surface area contributed by atoms with E-state index in [1.165, 1.54) is 19.3 Å². The second-order valence-corrected chi connectivity index (χ2v) is 3.50. The van der Waals surface area contributed by atoms with Gasteiger partial charge in [0.2, 0.25) is 0 Å². The smallest absolute Gasteiger partial charge is 0.0466 e. The Morgan fingerprint density at radius 1 is 1.09 bits per heavy atom. The molecule has 0 radical (unpaired) electrons. The summed E-state index contributed by atoms with van der Waals surface area (Å²) in [6, 6.07) is 0. The Morgan fingerprint density at radius 2 is 1.82 bits per heavy atom. The molecule has 0 spiro atoms. The summed E-state index contributed by atoms with van der Waals surface area (Å²) < 4.78 is 5.36. The Balaban J connectivity index is 2.80. The van der Waals surface area contributed by atoms with E-state index in [9.17, 15) is 0 Å². The maximum Gasteiger partial charge on any atom is 0.0466 e. The standard InChI is InChI=1S/C10H22O/c1-4-8-11-9-6-5-7-10(2)3/h10H,4-9H2,1-3H3. The predicted molar refractivity (Wildman–Crippen MR) is 49.8 cm³/mol. The number of unbranched alkanes of at least 4 members (excludes halogenated alkanes) is 1. The van der Waals surface area contributed by atoms with Crippen molar-refractivity contribution >= 4 is 0 Å². The van der Waals surface area contributed by atoms with Crippen molar-refractivity contribution in [1.82, 2.24) is 0 Å². The molecule has 1 nitrogen and oxygen atoms in total. The minimum atomic E-state index is 0.848. The van der Waals surface area contributed by atoms with Crippen LogP contribution >= 0.6 is 0 Å². The van der Waals surface area contributed by atoms with Crippen molar-refractivity contribution in [3.63, 3.8) is 0 Å². The van der Waals surface area contributed by atoms with Gasteiger partial charge in [-0.25, -0.2) is 0 Å². The van der Waals surface area contributed by atoms with Crippen LogP contribution in [0.4, 0.5) is 0 Å². The van der Waals surface area contributed by atoms with Crippen LogP contribution in [-0.4, -0.2) is 13.2 Å². The fourth-order valence-electron chi connectivity index (χ4n) is 1.00. The Kier molecular flexibility index (Phi) is 8.03. The molecule has 0 atom stereocenters. The summed E-state index contributed by atoms with van der Waals surface area (Å²) in [7, 11) is 0. The minimum Gasteiger partial charge on any atom is -0.381 e. The zero-order chi connectivity index (χ0) is 8.53. The molecule has 0 aliphatic carbocycles. The van der Waals surface area contributed by atoms with E-state index in [1.54, 1.807) is 0 Å². The van der Waals surface area contributed by atoms with Gasteiger partial charge in [0, 0.05) is 13.2 Å². The minimum absolute atomic E-state index is 0.848. The van der Waals surface area contributed by atoms with Crippen LogP contribution in [0, 0.1) is 5.92 Å². The third kappa shape index (κ3) is 9.96. The molecule has 0 saturated carbocycles. The first-order valence-corrected chi connectivity index (χ1v) is 4.85. The van der Waals surface area contributed by atoms with Crippen molar-refractivity contribution < 1.29 is 4.74 Å². The zero-order valence-electron chi connectivity index (χ0n) is 8.23. The van der Waals surface area contributed by atoms with Crippen LogP contribution in [0.3, 0.4) is 0 Å². The molecule has 0 amide bonds. The molecular weight excluding hydrogens is 136 g/mol. The number of hydrogen-bond donors (Lipinski definition) is 0. The van der Waals surface area contributed by atoms with Gasteiger partial charge in [-0.1, -0.05) is 33.6 Å². The molecule has 0 heterocycles. The van der Waals surface area contributed by atoms with E-state index in [0.717, 1.165) is 25.6 Å². The Morgan fingerprint density at radius 3 is 2.36 bits per heavy atom. The van der Waals surface area contributed by atoms with Crippen molar-refractivity contribution in [3.8, 4) is 0 Å². The summed E-state index contributed by atoms with van der Waals surface area (Å²) in [5.74, 6) is 0.848. The highest BCUT2D eigenvalue weighted by Gasteiger charge is 1.93. The van der Waals surface area contributed by atoms with E-state index < -0.39 is 0 Å². The highest BCUT2D eigenvalue weighted by molar-refractivity contribution is 4.45. The van der Waals surface area contributed by atoms with E-state index in [0.29, 0.717) is 0 Å². The van der Waals surface area contributed by atoms with E-state index in [4.69, 9.17) is 4.74 Å². The largest absolute Gasteiger partial charge is 0.381 e. The third-order valence-electron chi connectivity index (χ3n) is 1.67. The number of hydrogen-bond acceptors (Lipinski definition) is 1. The monoisotopic (exact) mass is 158 g/mol. The summed E-state index contributed by atoms with van der Waals surface area (Å²) in [5, 5.41) is 0. The van der Waals surface area contributed by atoms with Crippen LogP contribution in [0.2, 0.25) is 0 Å². The molecule has 0 fully saturated rings. The molecule has 0 unspecified atom stereocenters. The normalized spacial score (nSPS) is 10.9. The van der Waals surface area contributed by atoms with Gasteiger partial charge in [-0.3, -0.25) is 0 Å². The van der Waals surface area contributed by atoms with E-state index in [1.807, 2.05) is 0 Å². The second-order valence-electron chi connectivity index (χ2n) is 3.50. The molecule has 0 aromatic carbocycles. The van der Waals surface area contributed by atoms with Gasteiger partial charge in [-0.05, 0) is 18.8 Å². The Bertz CT molecular complexity index is 69.3. The number of ether oxygens (including phenoxy) is 1. The first kappa shape index (κ1) is 11.0. The lowest BCUT2D eigenvalue weighted by atomic mass is 10.1. The molecule has 1 heteroatoms. The molecule has 0 saturated heterocycles. The predicted octanol–water partition coefficient (Wildman–Crippen LogP) is 3.24. The van der Waals surface area contributed by atoms with Crippen LogP contribution in [0.5, 0.6) is 0 Å². The molecule has 11 heavy (non-hydrogen) atoms. The van der Waals surface area contributed by atoms with Gasteiger partial charge in [0.25, 0.3) is 0 Å². The van der Waals surface area contributed by atoms with Crippen molar-refractivity contribution in [2.75, 3.05) is 13.2 Å². The van der Waals surface area contributed by atoms with E-state index in [-0.39, 0.29) is 0 Å². The third-order valence-corrected chi connectivity index (χ3v) is 1.67.